The molecule has 1 unspecified atom stereocenters. The maximum atomic E-state index is 12.4. The molecule has 2 heterocycles. The number of urea groups is 1. The Morgan fingerprint density at radius 1 is 1.42 bits per heavy atom. The molecule has 1 N–H and O–H groups in total. The number of methoxy groups -OCH3 is 1. The third kappa shape index (κ3) is 2.83. The molecule has 2 aliphatic rings. The number of nitrogens with zero attached hydrogens (tertiary/aromatic N) is 2. The summed E-state index contributed by atoms with van der Waals surface area (Å²) in [4.78, 5) is 27.7. The van der Waals surface area contributed by atoms with Gasteiger partial charge in [-0.1, -0.05) is 0 Å². The number of likely N-dealkylation sites (tertiary alicyclic amines) is 1. The van der Waals surface area contributed by atoms with Crippen LogP contribution in [0.4, 0.5) is 4.79 Å². The largest absolute Gasteiger partial charge is 0.369 e. The highest BCUT2D eigenvalue weighted by atomic mass is 16.5. The van der Waals surface area contributed by atoms with Crippen LogP contribution in [0.2, 0.25) is 0 Å². The van der Waals surface area contributed by atoms with E-state index < -0.39 is 5.60 Å². The zero-order valence-electron chi connectivity index (χ0n) is 11.9. The fourth-order valence-corrected chi connectivity index (χ4v) is 2.70. The van der Waals surface area contributed by atoms with E-state index in [0.717, 1.165) is 25.9 Å². The number of carbonyl (C=O) groups excluding carboxylic acids is 2. The number of amides is 3. The monoisotopic (exact) mass is 269 g/mol. The summed E-state index contributed by atoms with van der Waals surface area (Å²) in [6, 6.07) is 0.123. The Hall–Kier alpha value is -1.30. The zero-order chi connectivity index (χ0) is 14.0. The van der Waals surface area contributed by atoms with Crippen molar-refractivity contribution < 1.29 is 14.3 Å². The molecule has 108 valence electrons. The standard InChI is InChI=1S/C13H23N3O3/c1-13(2,19-3)11(17)15-7-4-5-10(9-15)16-8-6-14-12(16)18/h10H,4-9H2,1-3H3,(H,14,18). The Bertz CT molecular complexity index is 370. The van der Waals surface area contributed by atoms with Gasteiger partial charge in [0.05, 0.1) is 6.04 Å². The van der Waals surface area contributed by atoms with E-state index in [9.17, 15) is 9.59 Å². The van der Waals surface area contributed by atoms with E-state index in [1.807, 2.05) is 9.80 Å². The molecule has 0 aliphatic carbocycles. The van der Waals surface area contributed by atoms with Crippen LogP contribution in [-0.4, -0.2) is 66.7 Å². The lowest BCUT2D eigenvalue weighted by atomic mass is 10.0. The van der Waals surface area contributed by atoms with Crippen molar-refractivity contribution in [3.05, 3.63) is 0 Å². The molecule has 2 rings (SSSR count). The van der Waals surface area contributed by atoms with Crippen molar-refractivity contribution >= 4 is 11.9 Å². The van der Waals surface area contributed by atoms with Gasteiger partial charge in [0.1, 0.15) is 5.60 Å². The first-order valence-electron chi connectivity index (χ1n) is 6.84. The third-order valence-corrected chi connectivity index (χ3v) is 4.04. The molecule has 0 spiro atoms. The molecule has 0 aromatic carbocycles. The van der Waals surface area contributed by atoms with Crippen molar-refractivity contribution in [1.29, 1.82) is 0 Å². The Kier molecular flexibility index (Phi) is 3.99. The van der Waals surface area contributed by atoms with Gasteiger partial charge in [-0.25, -0.2) is 4.79 Å². The lowest BCUT2D eigenvalue weighted by Crippen LogP contribution is -2.55. The zero-order valence-corrected chi connectivity index (χ0v) is 11.9. The molecule has 2 fully saturated rings. The molecule has 19 heavy (non-hydrogen) atoms. The summed E-state index contributed by atoms with van der Waals surface area (Å²) in [6.07, 6.45) is 1.89. The van der Waals surface area contributed by atoms with Gasteiger partial charge in [-0.05, 0) is 26.7 Å². The predicted molar refractivity (Wildman–Crippen MR) is 70.8 cm³/mol. The van der Waals surface area contributed by atoms with Crippen LogP contribution in [-0.2, 0) is 9.53 Å². The van der Waals surface area contributed by atoms with Gasteiger partial charge in [0.2, 0.25) is 0 Å². The van der Waals surface area contributed by atoms with E-state index in [0.29, 0.717) is 13.1 Å². The molecule has 0 aromatic heterocycles. The lowest BCUT2D eigenvalue weighted by Gasteiger charge is -2.39. The normalized spacial score (nSPS) is 24.6. The van der Waals surface area contributed by atoms with Crippen LogP contribution in [0.1, 0.15) is 26.7 Å². The van der Waals surface area contributed by atoms with Crippen LogP contribution >= 0.6 is 0 Å². The van der Waals surface area contributed by atoms with E-state index >= 15 is 0 Å². The summed E-state index contributed by atoms with van der Waals surface area (Å²) in [5, 5.41) is 2.81. The molecule has 1 atom stereocenters. The summed E-state index contributed by atoms with van der Waals surface area (Å²) < 4.78 is 5.25. The van der Waals surface area contributed by atoms with Crippen molar-refractivity contribution in [3.8, 4) is 0 Å². The minimum atomic E-state index is -0.796. The second-order valence-electron chi connectivity index (χ2n) is 5.69. The van der Waals surface area contributed by atoms with Crippen molar-refractivity contribution in [1.82, 2.24) is 15.1 Å². The highest BCUT2D eigenvalue weighted by molar-refractivity contribution is 5.84. The quantitative estimate of drug-likeness (QED) is 0.808. The summed E-state index contributed by atoms with van der Waals surface area (Å²) in [6.45, 7) is 6.35. The van der Waals surface area contributed by atoms with Crippen molar-refractivity contribution in [2.24, 2.45) is 0 Å². The van der Waals surface area contributed by atoms with E-state index in [1.54, 1.807) is 21.0 Å². The second-order valence-corrected chi connectivity index (χ2v) is 5.69. The van der Waals surface area contributed by atoms with Gasteiger partial charge in [-0.15, -0.1) is 0 Å². The fourth-order valence-electron chi connectivity index (χ4n) is 2.70. The van der Waals surface area contributed by atoms with Crippen molar-refractivity contribution in [3.63, 3.8) is 0 Å². The number of nitrogens with one attached hydrogen (secondary N) is 1. The molecule has 2 saturated heterocycles. The Balaban J connectivity index is 2.01. The van der Waals surface area contributed by atoms with Gasteiger partial charge in [0, 0.05) is 33.3 Å². The molecular weight excluding hydrogens is 246 g/mol. The van der Waals surface area contributed by atoms with Gasteiger partial charge in [-0.3, -0.25) is 4.79 Å². The van der Waals surface area contributed by atoms with Crippen LogP contribution < -0.4 is 5.32 Å². The first kappa shape index (κ1) is 14.1. The minimum absolute atomic E-state index is 0.000643. The second kappa shape index (κ2) is 5.36. The molecule has 6 nitrogen and oxygen atoms in total. The van der Waals surface area contributed by atoms with Crippen LogP contribution in [0.25, 0.3) is 0 Å². The van der Waals surface area contributed by atoms with Gasteiger partial charge >= 0.3 is 6.03 Å². The van der Waals surface area contributed by atoms with E-state index in [4.69, 9.17) is 4.74 Å². The molecule has 2 aliphatic heterocycles. The maximum Gasteiger partial charge on any atom is 0.317 e. The summed E-state index contributed by atoms with van der Waals surface area (Å²) in [5.74, 6) is -0.000643. The lowest BCUT2D eigenvalue weighted by molar-refractivity contribution is -0.152. The maximum absolute atomic E-state index is 12.4. The van der Waals surface area contributed by atoms with Crippen molar-refractivity contribution in [2.45, 2.75) is 38.3 Å². The van der Waals surface area contributed by atoms with Crippen LogP contribution in [0, 0.1) is 0 Å². The number of hydrogen-bond acceptors (Lipinski definition) is 3. The van der Waals surface area contributed by atoms with Crippen LogP contribution in [0.5, 0.6) is 0 Å². The van der Waals surface area contributed by atoms with E-state index in [-0.39, 0.29) is 18.0 Å². The Labute approximate surface area is 114 Å². The van der Waals surface area contributed by atoms with Gasteiger partial charge in [-0.2, -0.15) is 0 Å². The molecule has 0 aromatic rings. The van der Waals surface area contributed by atoms with Gasteiger partial charge in [0.25, 0.3) is 5.91 Å². The number of piperidine rings is 1. The first-order chi connectivity index (χ1) is 8.95. The summed E-state index contributed by atoms with van der Waals surface area (Å²) >= 11 is 0. The number of hydrogen-bond donors (Lipinski definition) is 1. The van der Waals surface area contributed by atoms with Crippen molar-refractivity contribution in [2.75, 3.05) is 33.3 Å². The SMILES string of the molecule is COC(C)(C)C(=O)N1CCCC(N2CCNC2=O)C1. The molecule has 3 amide bonds. The summed E-state index contributed by atoms with van der Waals surface area (Å²) in [5.41, 5.74) is -0.796. The molecule has 0 radical (unpaired) electrons. The Morgan fingerprint density at radius 3 is 2.74 bits per heavy atom. The van der Waals surface area contributed by atoms with Gasteiger partial charge in [0.15, 0.2) is 0 Å². The third-order valence-electron chi connectivity index (χ3n) is 4.04. The topological polar surface area (TPSA) is 61.9 Å². The minimum Gasteiger partial charge on any atom is -0.369 e. The molecule has 6 heteroatoms. The van der Waals surface area contributed by atoms with Crippen LogP contribution in [0.3, 0.4) is 0 Å². The fraction of sp³-hybridized carbons (Fsp3) is 0.846. The highest BCUT2D eigenvalue weighted by Gasteiger charge is 2.37. The smallest absolute Gasteiger partial charge is 0.317 e. The number of rotatable bonds is 3. The molecule has 0 saturated carbocycles. The molecule has 0 bridgehead atoms. The average Bonchev–Trinajstić information content (AvgIpc) is 2.84. The van der Waals surface area contributed by atoms with Crippen LogP contribution in [0.15, 0.2) is 0 Å². The summed E-state index contributed by atoms with van der Waals surface area (Å²) in [7, 11) is 1.55. The predicted octanol–water partition coefficient (Wildman–Crippen LogP) is 0.428. The Morgan fingerprint density at radius 2 is 2.16 bits per heavy atom. The average molecular weight is 269 g/mol. The first-order valence-corrected chi connectivity index (χ1v) is 6.84. The molecular formula is C13H23N3O3. The number of ether oxygens (including phenoxy) is 1. The number of carbonyl (C=O) groups is 2. The van der Waals surface area contributed by atoms with Gasteiger partial charge < -0.3 is 19.9 Å². The van der Waals surface area contributed by atoms with E-state index in [1.165, 1.54) is 0 Å². The highest BCUT2D eigenvalue weighted by Crippen LogP contribution is 2.21. The van der Waals surface area contributed by atoms with E-state index in [2.05, 4.69) is 5.32 Å².